The molecule has 1 saturated heterocycles. The number of nitrogens with zero attached hydrogens (tertiary/aromatic N) is 4. The number of thiazole rings is 1. The number of benzene rings is 2. The lowest BCUT2D eigenvalue weighted by Crippen LogP contribution is -2.53. The molecule has 1 spiro atoms. The second-order valence-corrected chi connectivity index (χ2v) is 8.84. The average Bonchev–Trinajstić information content (AvgIpc) is 3.48. The molecule has 1 unspecified atom stereocenters. The van der Waals surface area contributed by atoms with Crippen LogP contribution in [0.5, 0.6) is 0 Å². The van der Waals surface area contributed by atoms with Gasteiger partial charge in [-0.1, -0.05) is 66.4 Å². The molecule has 5 rings (SSSR count). The molecular weight excluding hydrogens is 400 g/mol. The Morgan fingerprint density at radius 1 is 1.00 bits per heavy atom. The van der Waals surface area contributed by atoms with Crippen LogP contribution in [0, 0.1) is 0 Å². The van der Waals surface area contributed by atoms with Gasteiger partial charge in [0.15, 0.2) is 10.1 Å². The minimum atomic E-state index is -0.632. The van der Waals surface area contributed by atoms with E-state index in [4.69, 9.17) is 5.10 Å². The number of hydrogen-bond acceptors (Lipinski definition) is 6. The Labute approximate surface area is 177 Å². The van der Waals surface area contributed by atoms with Crippen molar-refractivity contribution in [2.45, 2.75) is 11.4 Å². The number of allylic oxidation sites excluding steroid dienone is 1. The van der Waals surface area contributed by atoms with Crippen LogP contribution in [-0.4, -0.2) is 27.4 Å². The van der Waals surface area contributed by atoms with Crippen LogP contribution >= 0.6 is 23.1 Å². The number of amides is 1. The zero-order valence-corrected chi connectivity index (χ0v) is 17.1. The van der Waals surface area contributed by atoms with E-state index >= 15 is 0 Å². The fraction of sp³-hybridized carbons (Fsp3) is 0.136. The number of hydrazone groups is 1. The highest BCUT2D eigenvalue weighted by molar-refractivity contribution is 8.02. The van der Waals surface area contributed by atoms with Crippen molar-refractivity contribution in [1.29, 1.82) is 0 Å². The van der Waals surface area contributed by atoms with Crippen LogP contribution in [-0.2, 0) is 4.79 Å². The highest BCUT2D eigenvalue weighted by Gasteiger charge is 2.56. The third-order valence-corrected chi connectivity index (χ3v) is 6.99. The molecule has 0 N–H and O–H groups in total. The van der Waals surface area contributed by atoms with Gasteiger partial charge in [0.25, 0.3) is 0 Å². The van der Waals surface area contributed by atoms with Crippen molar-refractivity contribution in [2.24, 2.45) is 5.10 Å². The van der Waals surface area contributed by atoms with Crippen LogP contribution in [0.4, 0.5) is 10.8 Å². The predicted octanol–water partition coefficient (Wildman–Crippen LogP) is 4.86. The van der Waals surface area contributed by atoms with E-state index in [1.807, 2.05) is 69.9 Å². The second kappa shape index (κ2) is 7.50. The Kier molecular flexibility index (Phi) is 4.69. The first kappa shape index (κ1) is 18.1. The summed E-state index contributed by atoms with van der Waals surface area (Å²) in [5, 5.41) is 9.52. The third kappa shape index (κ3) is 3.26. The Balaban J connectivity index is 1.56. The quantitative estimate of drug-likeness (QED) is 0.607. The summed E-state index contributed by atoms with van der Waals surface area (Å²) in [5.74, 6) is 0.475. The number of anilines is 2. The number of hydrogen-bond donors (Lipinski definition) is 0. The Bertz CT molecular complexity index is 1070. The molecule has 3 heterocycles. The van der Waals surface area contributed by atoms with Crippen molar-refractivity contribution in [3.05, 3.63) is 83.9 Å². The number of aromatic nitrogens is 1. The van der Waals surface area contributed by atoms with E-state index < -0.39 is 4.99 Å². The van der Waals surface area contributed by atoms with Gasteiger partial charge in [0, 0.05) is 18.0 Å². The summed E-state index contributed by atoms with van der Waals surface area (Å²) in [5.41, 5.74) is 3.01. The molecule has 0 bridgehead atoms. The molecule has 0 saturated carbocycles. The fourth-order valence-corrected chi connectivity index (χ4v) is 5.70. The van der Waals surface area contributed by atoms with Crippen molar-refractivity contribution in [2.75, 3.05) is 15.7 Å². The summed E-state index contributed by atoms with van der Waals surface area (Å²) in [7, 11) is 0. The van der Waals surface area contributed by atoms with Gasteiger partial charge in [0.05, 0.1) is 17.2 Å². The van der Waals surface area contributed by atoms with Crippen molar-refractivity contribution in [1.82, 2.24) is 4.98 Å². The van der Waals surface area contributed by atoms with Crippen LogP contribution in [0.1, 0.15) is 12.0 Å². The van der Waals surface area contributed by atoms with Gasteiger partial charge in [-0.15, -0.1) is 11.3 Å². The van der Waals surface area contributed by atoms with Crippen molar-refractivity contribution in [3.63, 3.8) is 0 Å². The highest BCUT2D eigenvalue weighted by Crippen LogP contribution is 2.50. The van der Waals surface area contributed by atoms with E-state index in [0.717, 1.165) is 17.0 Å². The fourth-order valence-electron chi connectivity index (χ4n) is 3.60. The van der Waals surface area contributed by atoms with Crippen LogP contribution in [0.15, 0.2) is 83.4 Å². The molecule has 2 aliphatic heterocycles. The first-order chi connectivity index (χ1) is 14.3. The van der Waals surface area contributed by atoms with Gasteiger partial charge in [-0.25, -0.2) is 9.99 Å². The highest BCUT2D eigenvalue weighted by atomic mass is 32.2. The Morgan fingerprint density at radius 2 is 1.76 bits per heavy atom. The maximum absolute atomic E-state index is 12.9. The number of para-hydroxylation sites is 1. The van der Waals surface area contributed by atoms with Crippen LogP contribution < -0.4 is 9.91 Å². The SMILES string of the molecule is O=C1CSC2(CC(/C=C/c3ccccc3)=NN2c2ccccc2)N1c1nccs1. The number of rotatable bonds is 4. The van der Waals surface area contributed by atoms with Gasteiger partial charge in [-0.2, -0.15) is 5.10 Å². The van der Waals surface area contributed by atoms with Gasteiger partial charge < -0.3 is 0 Å². The molecule has 2 aliphatic rings. The second-order valence-electron chi connectivity index (χ2n) is 6.74. The number of carbonyl (C=O) groups excluding carboxylic acids is 1. The van der Waals surface area contributed by atoms with E-state index in [0.29, 0.717) is 17.3 Å². The monoisotopic (exact) mass is 418 g/mol. The molecule has 7 heteroatoms. The molecule has 1 fully saturated rings. The zero-order valence-electron chi connectivity index (χ0n) is 15.5. The van der Waals surface area contributed by atoms with E-state index in [2.05, 4.69) is 23.2 Å². The third-order valence-electron chi connectivity index (χ3n) is 4.88. The molecule has 1 amide bonds. The van der Waals surface area contributed by atoms with Gasteiger partial charge in [-0.05, 0) is 23.8 Å². The molecule has 5 nitrogen and oxygen atoms in total. The standard InChI is InChI=1S/C22H18N4OS2/c27-20-16-29-22(25(20)21-23-13-14-28-21)15-18(12-11-17-7-3-1-4-8-17)24-26(22)19-9-5-2-6-10-19/h1-14H,15-16H2/b12-11+. The van der Waals surface area contributed by atoms with Crippen LogP contribution in [0.25, 0.3) is 6.08 Å². The van der Waals surface area contributed by atoms with E-state index in [9.17, 15) is 4.79 Å². The van der Waals surface area contributed by atoms with Gasteiger partial charge in [0.1, 0.15) is 0 Å². The van der Waals surface area contributed by atoms with Crippen molar-refractivity contribution < 1.29 is 4.79 Å². The molecule has 29 heavy (non-hydrogen) atoms. The summed E-state index contributed by atoms with van der Waals surface area (Å²) < 4.78 is 0. The van der Waals surface area contributed by atoms with Crippen LogP contribution in [0.2, 0.25) is 0 Å². The minimum absolute atomic E-state index is 0.0642. The van der Waals surface area contributed by atoms with Crippen molar-refractivity contribution in [3.8, 4) is 0 Å². The first-order valence-corrected chi connectivity index (χ1v) is 11.2. The van der Waals surface area contributed by atoms with Gasteiger partial charge in [-0.3, -0.25) is 9.69 Å². The number of carbonyl (C=O) groups is 1. The number of thioether (sulfide) groups is 1. The van der Waals surface area contributed by atoms with E-state index in [-0.39, 0.29) is 5.91 Å². The summed E-state index contributed by atoms with van der Waals surface area (Å²) in [6, 6.07) is 20.2. The molecular formula is C22H18N4OS2. The Morgan fingerprint density at radius 3 is 2.48 bits per heavy atom. The molecule has 1 atom stereocenters. The molecule has 144 valence electrons. The van der Waals surface area contributed by atoms with Gasteiger partial charge in [0.2, 0.25) is 5.91 Å². The maximum atomic E-state index is 12.9. The maximum Gasteiger partial charge on any atom is 0.241 e. The first-order valence-electron chi connectivity index (χ1n) is 9.29. The summed E-state index contributed by atoms with van der Waals surface area (Å²) in [6.45, 7) is 0. The lowest BCUT2D eigenvalue weighted by molar-refractivity contribution is -0.116. The molecule has 3 aromatic rings. The predicted molar refractivity (Wildman–Crippen MR) is 121 cm³/mol. The lowest BCUT2D eigenvalue weighted by atomic mass is 10.1. The average molecular weight is 419 g/mol. The molecule has 0 radical (unpaired) electrons. The molecule has 1 aromatic heterocycles. The summed E-state index contributed by atoms with van der Waals surface area (Å²) >= 11 is 3.09. The normalized spacial score (nSPS) is 21.5. The minimum Gasteiger partial charge on any atom is -0.273 e. The van der Waals surface area contributed by atoms with Crippen LogP contribution in [0.3, 0.4) is 0 Å². The van der Waals surface area contributed by atoms with E-state index in [1.165, 1.54) is 11.3 Å². The summed E-state index contributed by atoms with van der Waals surface area (Å²) in [6.07, 6.45) is 6.48. The topological polar surface area (TPSA) is 48.8 Å². The largest absolute Gasteiger partial charge is 0.273 e. The van der Waals surface area contributed by atoms with Gasteiger partial charge >= 0.3 is 0 Å². The van der Waals surface area contributed by atoms with Crippen molar-refractivity contribution >= 4 is 51.6 Å². The molecule has 0 aliphatic carbocycles. The summed E-state index contributed by atoms with van der Waals surface area (Å²) in [4.78, 5) is 18.5. The Hall–Kier alpha value is -2.90. The zero-order chi connectivity index (χ0) is 19.7. The van der Waals surface area contributed by atoms with E-state index in [1.54, 1.807) is 18.0 Å². The lowest BCUT2D eigenvalue weighted by Gasteiger charge is -2.38. The molecule has 2 aromatic carbocycles. The smallest absolute Gasteiger partial charge is 0.241 e.